The lowest BCUT2D eigenvalue weighted by atomic mass is 10.2. The van der Waals surface area contributed by atoms with E-state index in [-0.39, 0.29) is 5.82 Å². The van der Waals surface area contributed by atoms with Crippen molar-refractivity contribution >= 4 is 0 Å². The predicted molar refractivity (Wildman–Crippen MR) is 46.3 cm³/mol. The summed E-state index contributed by atoms with van der Waals surface area (Å²) in [5, 5.41) is 0. The third-order valence-electron chi connectivity index (χ3n) is 1.54. The number of rotatable bonds is 4. The second kappa shape index (κ2) is 4.54. The van der Waals surface area contributed by atoms with E-state index in [4.69, 9.17) is 4.74 Å². The largest absolute Gasteiger partial charge is 0.501 e. The number of hydrogen-bond acceptors (Lipinski definition) is 1. The van der Waals surface area contributed by atoms with Crippen molar-refractivity contribution in [1.82, 2.24) is 0 Å². The second-order valence-electron chi connectivity index (χ2n) is 2.41. The summed E-state index contributed by atoms with van der Waals surface area (Å²) < 4.78 is 17.4. The van der Waals surface area contributed by atoms with Gasteiger partial charge in [-0.2, -0.15) is 0 Å². The van der Waals surface area contributed by atoms with Gasteiger partial charge in [-0.1, -0.05) is 18.7 Å². The lowest BCUT2D eigenvalue weighted by Crippen LogP contribution is -1.93. The fourth-order valence-corrected chi connectivity index (χ4v) is 0.911. The lowest BCUT2D eigenvalue weighted by molar-refractivity contribution is 0.255. The van der Waals surface area contributed by atoms with Gasteiger partial charge in [-0.25, -0.2) is 4.39 Å². The first-order valence-electron chi connectivity index (χ1n) is 3.80. The minimum absolute atomic E-state index is 0.205. The zero-order chi connectivity index (χ0) is 8.81. The summed E-state index contributed by atoms with van der Waals surface area (Å²) in [6.07, 6.45) is 2.19. The van der Waals surface area contributed by atoms with Crippen molar-refractivity contribution in [2.45, 2.75) is 6.42 Å². The van der Waals surface area contributed by atoms with Crippen molar-refractivity contribution in [2.24, 2.45) is 0 Å². The van der Waals surface area contributed by atoms with Gasteiger partial charge in [-0.05, 0) is 17.7 Å². The summed E-state index contributed by atoms with van der Waals surface area (Å²) in [5.41, 5.74) is 1.07. The van der Waals surface area contributed by atoms with E-state index in [0.717, 1.165) is 12.0 Å². The molecular formula is C10H11FO. The Hall–Kier alpha value is -1.31. The fourth-order valence-electron chi connectivity index (χ4n) is 0.911. The van der Waals surface area contributed by atoms with Crippen molar-refractivity contribution in [1.29, 1.82) is 0 Å². The molecule has 12 heavy (non-hydrogen) atoms. The maximum Gasteiger partial charge on any atom is 0.123 e. The monoisotopic (exact) mass is 166 g/mol. The van der Waals surface area contributed by atoms with Crippen LogP contribution in [0.15, 0.2) is 37.1 Å². The van der Waals surface area contributed by atoms with Crippen molar-refractivity contribution in [3.63, 3.8) is 0 Å². The maximum absolute atomic E-state index is 12.4. The van der Waals surface area contributed by atoms with Crippen molar-refractivity contribution in [2.75, 3.05) is 6.61 Å². The minimum atomic E-state index is -0.205. The highest BCUT2D eigenvalue weighted by molar-refractivity contribution is 5.15. The van der Waals surface area contributed by atoms with E-state index in [9.17, 15) is 4.39 Å². The molecule has 0 fully saturated rings. The molecule has 0 amide bonds. The van der Waals surface area contributed by atoms with Crippen LogP contribution in [0.3, 0.4) is 0 Å². The smallest absolute Gasteiger partial charge is 0.123 e. The van der Waals surface area contributed by atoms with E-state index in [1.165, 1.54) is 18.4 Å². The molecule has 0 aliphatic carbocycles. The van der Waals surface area contributed by atoms with Crippen molar-refractivity contribution < 1.29 is 9.13 Å². The van der Waals surface area contributed by atoms with E-state index < -0.39 is 0 Å². The van der Waals surface area contributed by atoms with Crippen LogP contribution >= 0.6 is 0 Å². The van der Waals surface area contributed by atoms with Crippen LogP contribution < -0.4 is 0 Å². The summed E-state index contributed by atoms with van der Waals surface area (Å²) >= 11 is 0. The number of benzene rings is 1. The topological polar surface area (TPSA) is 9.23 Å². The van der Waals surface area contributed by atoms with E-state index in [2.05, 4.69) is 6.58 Å². The average molecular weight is 166 g/mol. The molecule has 0 saturated carbocycles. The Morgan fingerprint density at radius 1 is 1.33 bits per heavy atom. The van der Waals surface area contributed by atoms with Gasteiger partial charge >= 0.3 is 0 Å². The van der Waals surface area contributed by atoms with E-state index in [1.807, 2.05) is 0 Å². The van der Waals surface area contributed by atoms with Gasteiger partial charge in [0.05, 0.1) is 12.9 Å². The summed E-state index contributed by atoms with van der Waals surface area (Å²) in [6, 6.07) is 6.40. The Balaban J connectivity index is 2.42. The molecular weight excluding hydrogens is 155 g/mol. The Morgan fingerprint density at radius 3 is 2.58 bits per heavy atom. The third-order valence-corrected chi connectivity index (χ3v) is 1.54. The molecule has 2 heteroatoms. The third kappa shape index (κ3) is 2.74. The molecule has 0 saturated heterocycles. The molecule has 64 valence electrons. The van der Waals surface area contributed by atoms with Gasteiger partial charge in [0.15, 0.2) is 0 Å². The summed E-state index contributed by atoms with van der Waals surface area (Å²) in [6.45, 7) is 4.02. The summed E-state index contributed by atoms with van der Waals surface area (Å²) in [5.74, 6) is -0.205. The second-order valence-corrected chi connectivity index (χ2v) is 2.41. The normalized spacial score (nSPS) is 9.42. The number of halogens is 1. The Labute approximate surface area is 71.5 Å². The Kier molecular flexibility index (Phi) is 3.33. The zero-order valence-electron chi connectivity index (χ0n) is 6.79. The molecule has 1 aromatic carbocycles. The molecule has 0 aromatic heterocycles. The summed E-state index contributed by atoms with van der Waals surface area (Å²) in [4.78, 5) is 0. The van der Waals surface area contributed by atoms with Crippen LogP contribution in [-0.4, -0.2) is 6.61 Å². The van der Waals surface area contributed by atoms with E-state index >= 15 is 0 Å². The lowest BCUT2D eigenvalue weighted by Gasteiger charge is -2.00. The summed E-state index contributed by atoms with van der Waals surface area (Å²) in [7, 11) is 0. The highest BCUT2D eigenvalue weighted by Crippen LogP contribution is 2.03. The van der Waals surface area contributed by atoms with Crippen LogP contribution in [0.4, 0.5) is 4.39 Å². The Morgan fingerprint density at radius 2 is 2.00 bits per heavy atom. The molecule has 1 rings (SSSR count). The minimum Gasteiger partial charge on any atom is -0.501 e. The zero-order valence-corrected chi connectivity index (χ0v) is 6.79. The van der Waals surface area contributed by atoms with Gasteiger partial charge in [0.2, 0.25) is 0 Å². The van der Waals surface area contributed by atoms with Gasteiger partial charge < -0.3 is 4.74 Å². The molecule has 0 unspecified atom stereocenters. The van der Waals surface area contributed by atoms with Gasteiger partial charge in [0.25, 0.3) is 0 Å². The molecule has 0 heterocycles. The van der Waals surface area contributed by atoms with Crippen molar-refractivity contribution in [3.05, 3.63) is 48.5 Å². The van der Waals surface area contributed by atoms with Crippen LogP contribution in [0.1, 0.15) is 5.56 Å². The Bertz CT molecular complexity index is 241. The average Bonchev–Trinajstić information content (AvgIpc) is 2.09. The highest BCUT2D eigenvalue weighted by Gasteiger charge is 1.92. The molecule has 0 aliphatic heterocycles. The van der Waals surface area contributed by atoms with E-state index in [0.29, 0.717) is 6.61 Å². The van der Waals surface area contributed by atoms with Crippen LogP contribution in [-0.2, 0) is 11.2 Å². The molecule has 1 nitrogen and oxygen atoms in total. The number of hydrogen-bond donors (Lipinski definition) is 0. The van der Waals surface area contributed by atoms with Gasteiger partial charge in [0.1, 0.15) is 5.82 Å². The van der Waals surface area contributed by atoms with Gasteiger partial charge in [0, 0.05) is 6.42 Å². The van der Waals surface area contributed by atoms with Gasteiger partial charge in [-0.15, -0.1) is 0 Å². The van der Waals surface area contributed by atoms with Crippen LogP contribution in [0.25, 0.3) is 0 Å². The predicted octanol–water partition coefficient (Wildman–Crippen LogP) is 2.53. The fraction of sp³-hybridized carbons (Fsp3) is 0.200. The van der Waals surface area contributed by atoms with Crippen LogP contribution in [0.2, 0.25) is 0 Å². The molecule has 1 aromatic rings. The molecule has 0 spiro atoms. The van der Waals surface area contributed by atoms with Gasteiger partial charge in [-0.3, -0.25) is 0 Å². The molecule has 0 atom stereocenters. The van der Waals surface area contributed by atoms with Crippen LogP contribution in [0.5, 0.6) is 0 Å². The number of ether oxygens (including phenoxy) is 1. The SMILES string of the molecule is C=COCCc1ccc(F)cc1. The molecule has 0 radical (unpaired) electrons. The molecule has 0 aliphatic rings. The maximum atomic E-state index is 12.4. The first kappa shape index (κ1) is 8.78. The first-order chi connectivity index (χ1) is 5.83. The van der Waals surface area contributed by atoms with Crippen LogP contribution in [0, 0.1) is 5.82 Å². The van der Waals surface area contributed by atoms with E-state index in [1.54, 1.807) is 12.1 Å². The highest BCUT2D eigenvalue weighted by atomic mass is 19.1. The molecule has 0 N–H and O–H groups in total. The van der Waals surface area contributed by atoms with Crippen molar-refractivity contribution in [3.8, 4) is 0 Å². The quantitative estimate of drug-likeness (QED) is 0.493. The standard InChI is InChI=1S/C10H11FO/c1-2-12-8-7-9-3-5-10(11)6-4-9/h2-6H,1,7-8H2. The first-order valence-corrected chi connectivity index (χ1v) is 3.80. The molecule has 0 bridgehead atoms.